The summed E-state index contributed by atoms with van der Waals surface area (Å²) in [7, 11) is 1.57. The van der Waals surface area contributed by atoms with Gasteiger partial charge in [0.2, 0.25) is 5.88 Å². The van der Waals surface area contributed by atoms with Crippen LogP contribution in [0.2, 0.25) is 0 Å². The maximum Gasteiger partial charge on any atom is 0.407 e. The molecule has 1 unspecified atom stereocenters. The molecule has 0 spiro atoms. The molecule has 3 N–H and O–H groups in total. The van der Waals surface area contributed by atoms with Crippen LogP contribution >= 0.6 is 0 Å². The molecule has 0 aliphatic carbocycles. The summed E-state index contributed by atoms with van der Waals surface area (Å²) in [6, 6.07) is 3.58. The number of carbonyl (C=O) groups is 1. The Morgan fingerprint density at radius 3 is 2.62 bits per heavy atom. The monoisotopic (exact) mass is 295 g/mol. The number of hydrogen-bond acceptors (Lipinski definition) is 5. The number of amides is 1. The van der Waals surface area contributed by atoms with Crippen molar-refractivity contribution in [2.24, 2.45) is 5.73 Å². The third kappa shape index (κ3) is 6.44. The fourth-order valence-corrected chi connectivity index (χ4v) is 1.88. The average molecular weight is 295 g/mol. The summed E-state index contributed by atoms with van der Waals surface area (Å²) in [6.45, 7) is 7.68. The van der Waals surface area contributed by atoms with Crippen LogP contribution in [0.1, 0.15) is 32.0 Å². The smallest absolute Gasteiger partial charge is 0.407 e. The number of methoxy groups -OCH3 is 1. The van der Waals surface area contributed by atoms with E-state index in [0.29, 0.717) is 18.8 Å². The molecule has 0 radical (unpaired) electrons. The summed E-state index contributed by atoms with van der Waals surface area (Å²) in [4.78, 5) is 16.0. The summed E-state index contributed by atoms with van der Waals surface area (Å²) in [5.74, 6) is 0.554. The predicted octanol–water partition coefficient (Wildman–Crippen LogP) is 1.79. The number of pyridine rings is 1. The lowest BCUT2D eigenvalue weighted by Crippen LogP contribution is -2.44. The van der Waals surface area contributed by atoms with Gasteiger partial charge in [0.15, 0.2) is 0 Å². The minimum atomic E-state index is -0.528. The molecule has 0 aromatic carbocycles. The number of hydrogen-bond donors (Lipinski definition) is 2. The van der Waals surface area contributed by atoms with E-state index >= 15 is 0 Å². The SMILES string of the molecule is COc1cc(CC(CN)NC(=O)OC(C)(C)C)cc(C)n1. The number of nitrogens with zero attached hydrogens (tertiary/aromatic N) is 1. The third-order valence-corrected chi connectivity index (χ3v) is 2.69. The van der Waals surface area contributed by atoms with Gasteiger partial charge in [0.25, 0.3) is 0 Å². The largest absolute Gasteiger partial charge is 0.481 e. The Balaban J connectivity index is 2.70. The van der Waals surface area contributed by atoms with Crippen LogP contribution in [-0.2, 0) is 11.2 Å². The Hall–Kier alpha value is -1.82. The number of rotatable bonds is 5. The topological polar surface area (TPSA) is 86.5 Å². The molecule has 0 saturated carbocycles. The highest BCUT2D eigenvalue weighted by Crippen LogP contribution is 2.14. The molecule has 1 amide bonds. The standard InChI is InChI=1S/C15H25N3O3/c1-10-6-11(8-13(17-10)20-5)7-12(9-16)18-14(19)21-15(2,3)4/h6,8,12H,7,9,16H2,1-5H3,(H,18,19). The Bertz CT molecular complexity index is 484. The molecule has 0 fully saturated rings. The Morgan fingerprint density at radius 1 is 1.43 bits per heavy atom. The minimum Gasteiger partial charge on any atom is -0.481 e. The molecule has 1 aromatic heterocycles. The molecule has 1 rings (SSSR count). The van der Waals surface area contributed by atoms with Crippen molar-refractivity contribution < 1.29 is 14.3 Å². The van der Waals surface area contributed by atoms with Gasteiger partial charge in [-0.25, -0.2) is 9.78 Å². The van der Waals surface area contributed by atoms with Gasteiger partial charge < -0.3 is 20.5 Å². The Morgan fingerprint density at radius 2 is 2.10 bits per heavy atom. The lowest BCUT2D eigenvalue weighted by molar-refractivity contribution is 0.0506. The van der Waals surface area contributed by atoms with Crippen LogP contribution in [0.5, 0.6) is 5.88 Å². The van der Waals surface area contributed by atoms with E-state index in [1.54, 1.807) is 7.11 Å². The molecule has 0 bridgehead atoms. The van der Waals surface area contributed by atoms with Crippen LogP contribution in [-0.4, -0.2) is 36.4 Å². The summed E-state index contributed by atoms with van der Waals surface area (Å²) < 4.78 is 10.4. The van der Waals surface area contributed by atoms with E-state index < -0.39 is 11.7 Å². The molecule has 0 aliphatic rings. The van der Waals surface area contributed by atoms with Gasteiger partial charge in [-0.05, 0) is 45.7 Å². The van der Waals surface area contributed by atoms with Crippen molar-refractivity contribution >= 4 is 6.09 Å². The fraction of sp³-hybridized carbons (Fsp3) is 0.600. The molecule has 6 nitrogen and oxygen atoms in total. The first kappa shape index (κ1) is 17.2. The highest BCUT2D eigenvalue weighted by Gasteiger charge is 2.19. The van der Waals surface area contributed by atoms with E-state index in [0.717, 1.165) is 11.3 Å². The van der Waals surface area contributed by atoms with Crippen molar-refractivity contribution in [2.75, 3.05) is 13.7 Å². The first-order valence-corrected chi connectivity index (χ1v) is 6.94. The molecule has 118 valence electrons. The summed E-state index contributed by atoms with van der Waals surface area (Å²) in [5, 5.41) is 2.78. The van der Waals surface area contributed by atoms with Crippen molar-refractivity contribution in [1.29, 1.82) is 0 Å². The average Bonchev–Trinajstić information content (AvgIpc) is 2.34. The molecule has 0 aliphatic heterocycles. The van der Waals surface area contributed by atoms with E-state index in [1.165, 1.54) is 0 Å². The van der Waals surface area contributed by atoms with Crippen LogP contribution in [0.4, 0.5) is 4.79 Å². The van der Waals surface area contributed by atoms with Crippen molar-refractivity contribution in [3.05, 3.63) is 23.4 Å². The highest BCUT2D eigenvalue weighted by molar-refractivity contribution is 5.68. The molecular formula is C15H25N3O3. The number of alkyl carbamates (subject to hydrolysis) is 1. The number of ether oxygens (including phenoxy) is 2. The number of nitrogens with two attached hydrogens (primary N) is 1. The van der Waals surface area contributed by atoms with Crippen molar-refractivity contribution in [2.45, 2.75) is 45.8 Å². The van der Waals surface area contributed by atoms with Crippen LogP contribution in [0.15, 0.2) is 12.1 Å². The van der Waals surface area contributed by atoms with Gasteiger partial charge in [0.1, 0.15) is 5.60 Å². The molecule has 1 aromatic rings. The van der Waals surface area contributed by atoms with E-state index in [1.807, 2.05) is 39.8 Å². The minimum absolute atomic E-state index is 0.202. The van der Waals surface area contributed by atoms with Crippen LogP contribution in [0, 0.1) is 6.92 Å². The molecular weight excluding hydrogens is 270 g/mol. The lowest BCUT2D eigenvalue weighted by Gasteiger charge is -2.23. The number of nitrogens with one attached hydrogen (secondary N) is 1. The van der Waals surface area contributed by atoms with Crippen molar-refractivity contribution in [3.8, 4) is 5.88 Å². The van der Waals surface area contributed by atoms with Gasteiger partial charge in [-0.15, -0.1) is 0 Å². The van der Waals surface area contributed by atoms with E-state index in [9.17, 15) is 4.79 Å². The van der Waals surface area contributed by atoms with Gasteiger partial charge >= 0.3 is 6.09 Å². The number of carbonyl (C=O) groups excluding carboxylic acids is 1. The van der Waals surface area contributed by atoms with Crippen LogP contribution in [0.3, 0.4) is 0 Å². The second-order valence-electron chi connectivity index (χ2n) is 5.94. The van der Waals surface area contributed by atoms with Crippen LogP contribution < -0.4 is 15.8 Å². The molecule has 21 heavy (non-hydrogen) atoms. The maximum atomic E-state index is 11.8. The lowest BCUT2D eigenvalue weighted by atomic mass is 10.1. The molecule has 1 atom stereocenters. The highest BCUT2D eigenvalue weighted by atomic mass is 16.6. The maximum absolute atomic E-state index is 11.8. The predicted molar refractivity (Wildman–Crippen MR) is 81.4 cm³/mol. The van der Waals surface area contributed by atoms with Gasteiger partial charge in [0, 0.05) is 24.3 Å². The van der Waals surface area contributed by atoms with Crippen molar-refractivity contribution in [1.82, 2.24) is 10.3 Å². The zero-order chi connectivity index (χ0) is 16.0. The van der Waals surface area contributed by atoms with Gasteiger partial charge in [0.05, 0.1) is 7.11 Å². The molecule has 1 heterocycles. The number of aryl methyl sites for hydroxylation is 1. The van der Waals surface area contributed by atoms with Crippen molar-refractivity contribution in [3.63, 3.8) is 0 Å². The first-order valence-electron chi connectivity index (χ1n) is 6.94. The molecule has 6 heteroatoms. The van der Waals surface area contributed by atoms with E-state index in [4.69, 9.17) is 15.2 Å². The Kier molecular flexibility index (Phi) is 5.96. The summed E-state index contributed by atoms with van der Waals surface area (Å²) in [5.41, 5.74) is 7.06. The summed E-state index contributed by atoms with van der Waals surface area (Å²) >= 11 is 0. The van der Waals surface area contributed by atoms with E-state index in [-0.39, 0.29) is 6.04 Å². The van der Waals surface area contributed by atoms with E-state index in [2.05, 4.69) is 10.3 Å². The van der Waals surface area contributed by atoms with Crippen LogP contribution in [0.25, 0.3) is 0 Å². The van der Waals surface area contributed by atoms with Gasteiger partial charge in [-0.1, -0.05) is 0 Å². The van der Waals surface area contributed by atoms with Gasteiger partial charge in [-0.2, -0.15) is 0 Å². The normalized spacial score (nSPS) is 12.7. The summed E-state index contributed by atoms with van der Waals surface area (Å²) in [6.07, 6.45) is 0.130. The first-order chi connectivity index (χ1) is 9.73. The quantitative estimate of drug-likeness (QED) is 0.865. The second kappa shape index (κ2) is 7.26. The third-order valence-electron chi connectivity index (χ3n) is 2.69. The zero-order valence-corrected chi connectivity index (χ0v) is 13.4. The molecule has 0 saturated heterocycles. The van der Waals surface area contributed by atoms with Gasteiger partial charge in [-0.3, -0.25) is 0 Å². The zero-order valence-electron chi connectivity index (χ0n) is 13.4. The number of aromatic nitrogens is 1. The Labute approximate surface area is 126 Å². The fourth-order valence-electron chi connectivity index (χ4n) is 1.88. The second-order valence-corrected chi connectivity index (χ2v) is 5.94.